The lowest BCUT2D eigenvalue weighted by Crippen LogP contribution is -2.24. The van der Waals surface area contributed by atoms with Crippen molar-refractivity contribution in [1.29, 1.82) is 0 Å². The van der Waals surface area contributed by atoms with Crippen LogP contribution in [0.4, 0.5) is 5.82 Å². The molecule has 0 unspecified atom stereocenters. The molecule has 7 heteroatoms. The molecule has 1 atom stereocenters. The molecule has 0 aliphatic carbocycles. The van der Waals surface area contributed by atoms with Crippen LogP contribution < -0.4 is 15.4 Å². The van der Waals surface area contributed by atoms with E-state index in [1.54, 1.807) is 0 Å². The SMILES string of the molecule is CCCc1cccc(-c2cc(NC(=O)[C@@H]3CNC(=O)C3)nn2-c2ccc(OCc3ccccc3)cc2)c1. The number of aromatic nitrogens is 2. The Labute approximate surface area is 216 Å². The minimum atomic E-state index is -0.393. The molecule has 2 N–H and O–H groups in total. The second-order valence-electron chi connectivity index (χ2n) is 9.24. The van der Waals surface area contributed by atoms with Crippen molar-refractivity contribution >= 4 is 17.6 Å². The smallest absolute Gasteiger partial charge is 0.230 e. The van der Waals surface area contributed by atoms with Gasteiger partial charge in [0, 0.05) is 24.6 Å². The fraction of sp³-hybridized carbons (Fsp3) is 0.233. The van der Waals surface area contributed by atoms with E-state index >= 15 is 0 Å². The molecular formula is C30H30N4O3. The molecule has 7 nitrogen and oxygen atoms in total. The minimum Gasteiger partial charge on any atom is -0.489 e. The number of hydrogen-bond donors (Lipinski definition) is 2. The number of nitrogens with one attached hydrogen (secondary N) is 2. The third-order valence-electron chi connectivity index (χ3n) is 6.40. The van der Waals surface area contributed by atoms with Gasteiger partial charge in [0.05, 0.1) is 17.3 Å². The van der Waals surface area contributed by atoms with Gasteiger partial charge in [-0.15, -0.1) is 5.10 Å². The Morgan fingerprint density at radius 2 is 1.81 bits per heavy atom. The molecule has 1 fully saturated rings. The number of aryl methyl sites for hydroxylation is 1. The van der Waals surface area contributed by atoms with E-state index < -0.39 is 5.92 Å². The van der Waals surface area contributed by atoms with Gasteiger partial charge in [0.2, 0.25) is 11.8 Å². The quantitative estimate of drug-likeness (QED) is 0.337. The van der Waals surface area contributed by atoms with E-state index in [1.807, 2.05) is 71.4 Å². The van der Waals surface area contributed by atoms with E-state index in [4.69, 9.17) is 9.84 Å². The number of nitrogens with zero attached hydrogens (tertiary/aromatic N) is 2. The number of carbonyl (C=O) groups is 2. The summed E-state index contributed by atoms with van der Waals surface area (Å²) >= 11 is 0. The summed E-state index contributed by atoms with van der Waals surface area (Å²) in [5.41, 5.74) is 5.08. The molecule has 1 saturated heterocycles. The highest BCUT2D eigenvalue weighted by Gasteiger charge is 2.28. The monoisotopic (exact) mass is 494 g/mol. The first kappa shape index (κ1) is 24.3. The zero-order chi connectivity index (χ0) is 25.6. The van der Waals surface area contributed by atoms with Crippen molar-refractivity contribution in [2.24, 2.45) is 5.92 Å². The second-order valence-corrected chi connectivity index (χ2v) is 9.24. The van der Waals surface area contributed by atoms with Crippen molar-refractivity contribution < 1.29 is 14.3 Å². The van der Waals surface area contributed by atoms with Crippen molar-refractivity contribution in [3.8, 4) is 22.7 Å². The second kappa shape index (κ2) is 11.1. The summed E-state index contributed by atoms with van der Waals surface area (Å²) in [7, 11) is 0. The Morgan fingerprint density at radius 3 is 2.54 bits per heavy atom. The van der Waals surface area contributed by atoms with Crippen LogP contribution >= 0.6 is 0 Å². The average molecular weight is 495 g/mol. The first-order chi connectivity index (χ1) is 18.1. The van der Waals surface area contributed by atoms with Crippen molar-refractivity contribution in [1.82, 2.24) is 15.1 Å². The van der Waals surface area contributed by atoms with Crippen LogP contribution in [0.15, 0.2) is 84.9 Å². The maximum Gasteiger partial charge on any atom is 0.230 e. The van der Waals surface area contributed by atoms with Crippen LogP contribution in [0.25, 0.3) is 16.9 Å². The molecule has 1 aromatic heterocycles. The highest BCUT2D eigenvalue weighted by Crippen LogP contribution is 2.28. The summed E-state index contributed by atoms with van der Waals surface area (Å²) in [5, 5.41) is 10.3. The first-order valence-electron chi connectivity index (χ1n) is 12.6. The van der Waals surface area contributed by atoms with Crippen LogP contribution in [0.1, 0.15) is 30.9 Å². The molecular weight excluding hydrogens is 464 g/mol. The molecule has 0 spiro atoms. The van der Waals surface area contributed by atoms with Gasteiger partial charge in [-0.3, -0.25) is 9.59 Å². The van der Waals surface area contributed by atoms with Crippen molar-refractivity contribution in [2.45, 2.75) is 32.8 Å². The Balaban J connectivity index is 1.41. The Hall–Kier alpha value is -4.39. The van der Waals surface area contributed by atoms with Crippen LogP contribution in [-0.2, 0) is 22.6 Å². The molecule has 188 valence electrons. The van der Waals surface area contributed by atoms with Gasteiger partial charge in [-0.25, -0.2) is 4.68 Å². The first-order valence-corrected chi connectivity index (χ1v) is 12.6. The van der Waals surface area contributed by atoms with E-state index in [2.05, 4.69) is 35.8 Å². The van der Waals surface area contributed by atoms with E-state index in [1.165, 1.54) is 5.56 Å². The van der Waals surface area contributed by atoms with Crippen LogP contribution in [0, 0.1) is 5.92 Å². The summed E-state index contributed by atoms with van der Waals surface area (Å²) in [6.07, 6.45) is 2.24. The molecule has 4 aromatic rings. The molecule has 1 aliphatic heterocycles. The number of carbonyl (C=O) groups excluding carboxylic acids is 2. The summed E-state index contributed by atoms with van der Waals surface area (Å²) < 4.78 is 7.78. The van der Waals surface area contributed by atoms with Gasteiger partial charge in [-0.2, -0.15) is 0 Å². The molecule has 2 heterocycles. The number of ether oxygens (including phenoxy) is 1. The van der Waals surface area contributed by atoms with Crippen molar-refractivity contribution in [3.05, 3.63) is 96.1 Å². The van der Waals surface area contributed by atoms with E-state index in [-0.39, 0.29) is 18.2 Å². The van der Waals surface area contributed by atoms with Crippen LogP contribution in [0.3, 0.4) is 0 Å². The summed E-state index contributed by atoms with van der Waals surface area (Å²) in [4.78, 5) is 24.3. The van der Waals surface area contributed by atoms with E-state index in [9.17, 15) is 9.59 Å². The van der Waals surface area contributed by atoms with Gasteiger partial charge >= 0.3 is 0 Å². The molecule has 37 heavy (non-hydrogen) atoms. The molecule has 0 bridgehead atoms. The average Bonchev–Trinajstić information content (AvgIpc) is 3.55. The van der Waals surface area contributed by atoms with Crippen LogP contribution in [-0.4, -0.2) is 28.1 Å². The van der Waals surface area contributed by atoms with Crippen LogP contribution in [0.5, 0.6) is 5.75 Å². The van der Waals surface area contributed by atoms with Gasteiger partial charge in [0.15, 0.2) is 5.82 Å². The largest absolute Gasteiger partial charge is 0.489 e. The van der Waals surface area contributed by atoms with Gasteiger partial charge in [-0.1, -0.05) is 61.9 Å². The number of hydrogen-bond acceptors (Lipinski definition) is 4. The Morgan fingerprint density at radius 1 is 1.03 bits per heavy atom. The highest BCUT2D eigenvalue weighted by atomic mass is 16.5. The minimum absolute atomic E-state index is 0.103. The normalized spacial score (nSPS) is 14.8. The molecule has 0 saturated carbocycles. The fourth-order valence-corrected chi connectivity index (χ4v) is 4.46. The molecule has 1 aliphatic rings. The third kappa shape index (κ3) is 5.89. The van der Waals surface area contributed by atoms with Gasteiger partial charge in [0.25, 0.3) is 0 Å². The topological polar surface area (TPSA) is 85.3 Å². The van der Waals surface area contributed by atoms with Gasteiger partial charge in [0.1, 0.15) is 12.4 Å². The zero-order valence-corrected chi connectivity index (χ0v) is 20.8. The Kier molecular flexibility index (Phi) is 7.31. The molecule has 2 amide bonds. The summed E-state index contributed by atoms with van der Waals surface area (Å²) in [6, 6.07) is 28.1. The fourth-order valence-electron chi connectivity index (χ4n) is 4.46. The molecule has 5 rings (SSSR count). The number of benzene rings is 3. The van der Waals surface area contributed by atoms with Gasteiger partial charge in [-0.05, 0) is 47.9 Å². The molecule has 3 aromatic carbocycles. The summed E-state index contributed by atoms with van der Waals surface area (Å²) in [6.45, 7) is 3.00. The lowest BCUT2D eigenvalue weighted by atomic mass is 10.0. The van der Waals surface area contributed by atoms with Gasteiger partial charge < -0.3 is 15.4 Å². The highest BCUT2D eigenvalue weighted by molar-refractivity contribution is 5.97. The van der Waals surface area contributed by atoms with Crippen molar-refractivity contribution in [2.75, 3.05) is 11.9 Å². The predicted molar refractivity (Wildman–Crippen MR) is 144 cm³/mol. The zero-order valence-electron chi connectivity index (χ0n) is 20.8. The maximum absolute atomic E-state index is 12.8. The van der Waals surface area contributed by atoms with Crippen LogP contribution in [0.2, 0.25) is 0 Å². The number of amides is 2. The predicted octanol–water partition coefficient (Wildman–Crippen LogP) is 5.15. The maximum atomic E-state index is 12.8. The van der Waals surface area contributed by atoms with E-state index in [0.717, 1.165) is 41.1 Å². The Bertz CT molecular complexity index is 1380. The number of anilines is 1. The lowest BCUT2D eigenvalue weighted by molar-refractivity contribution is -0.123. The standard InChI is InChI=1S/C30H30N4O3/c1-2-7-21-10-6-11-23(16-21)27-18-28(32-30(36)24-17-29(35)31-19-24)33-34(27)25-12-14-26(15-13-25)37-20-22-8-4-3-5-9-22/h3-6,8-16,18,24H,2,7,17,19-20H2,1H3,(H,31,35)(H,32,33,36)/t24-/m0/s1. The lowest BCUT2D eigenvalue weighted by Gasteiger charge is -2.11. The number of rotatable bonds is 9. The molecule has 0 radical (unpaired) electrons. The van der Waals surface area contributed by atoms with E-state index in [0.29, 0.717) is 19.0 Å². The third-order valence-corrected chi connectivity index (χ3v) is 6.40. The summed E-state index contributed by atoms with van der Waals surface area (Å²) in [5.74, 6) is 0.505. The van der Waals surface area contributed by atoms with Crippen molar-refractivity contribution in [3.63, 3.8) is 0 Å².